The van der Waals surface area contributed by atoms with E-state index in [0.29, 0.717) is 5.57 Å². The smallest absolute Gasteiger partial charge is 0.348 e. The monoisotopic (exact) mass is 540 g/mol. The standard InChI is InChI=1S/C28H28O11/c1-12-14-9-16-27-11-37-28(25(35)36-3,22(32)18(31)20(27)26(14,2)10-15(29)17(12)30)21(27)19(24(34)38-16)39-23(33)13-7-5-4-6-8-13/h4-8,10,16,18-22,29,31-32H,9,11H2,1-3H3/t16-,18-,19-,20-,21-,22+,26+,27-,28-/m1/s1. The highest BCUT2D eigenvalue weighted by molar-refractivity contribution is 6.08. The molecule has 11 nitrogen and oxygen atoms in total. The number of methoxy groups -OCH3 is 1. The molecule has 2 bridgehead atoms. The van der Waals surface area contributed by atoms with Crippen molar-refractivity contribution in [1.29, 1.82) is 0 Å². The first kappa shape index (κ1) is 25.7. The molecule has 1 aromatic carbocycles. The number of Topliss-reactive ketones (excluding diaryl/α,β-unsaturated/α-hetero) is 1. The van der Waals surface area contributed by atoms with Gasteiger partial charge in [0, 0.05) is 28.7 Å². The van der Waals surface area contributed by atoms with Gasteiger partial charge in [-0.3, -0.25) is 4.79 Å². The highest BCUT2D eigenvalue weighted by Crippen LogP contribution is 2.71. The van der Waals surface area contributed by atoms with E-state index < -0.39 is 82.1 Å². The van der Waals surface area contributed by atoms with E-state index in [4.69, 9.17) is 18.9 Å². The van der Waals surface area contributed by atoms with Gasteiger partial charge in [-0.15, -0.1) is 0 Å². The van der Waals surface area contributed by atoms with Crippen LogP contribution in [-0.2, 0) is 33.3 Å². The van der Waals surface area contributed by atoms with Gasteiger partial charge in [-0.05, 0) is 30.7 Å². The summed E-state index contributed by atoms with van der Waals surface area (Å²) >= 11 is 0. The molecule has 39 heavy (non-hydrogen) atoms. The van der Waals surface area contributed by atoms with E-state index in [-0.39, 0.29) is 24.2 Å². The third-order valence-corrected chi connectivity index (χ3v) is 9.57. The Morgan fingerprint density at radius 1 is 1.10 bits per heavy atom. The molecular formula is C28H28O11. The Morgan fingerprint density at radius 2 is 1.79 bits per heavy atom. The summed E-state index contributed by atoms with van der Waals surface area (Å²) < 4.78 is 22.7. The lowest BCUT2D eigenvalue weighted by Crippen LogP contribution is -2.78. The first-order valence-corrected chi connectivity index (χ1v) is 12.7. The minimum absolute atomic E-state index is 0.0410. The van der Waals surface area contributed by atoms with E-state index in [1.807, 2.05) is 0 Å². The van der Waals surface area contributed by atoms with Gasteiger partial charge < -0.3 is 34.3 Å². The Bertz CT molecular complexity index is 1360. The Balaban J connectivity index is 1.57. The average molecular weight is 541 g/mol. The maximum Gasteiger partial charge on any atom is 0.348 e. The molecule has 1 aromatic rings. The highest BCUT2D eigenvalue weighted by atomic mass is 16.6. The van der Waals surface area contributed by atoms with E-state index in [1.165, 1.54) is 18.2 Å². The van der Waals surface area contributed by atoms with Crippen LogP contribution in [-0.4, -0.2) is 82.7 Å². The number of benzene rings is 1. The number of hydrogen-bond acceptors (Lipinski definition) is 11. The number of allylic oxidation sites excluding steroid dienone is 2. The van der Waals surface area contributed by atoms with Crippen LogP contribution in [0.5, 0.6) is 0 Å². The summed E-state index contributed by atoms with van der Waals surface area (Å²) in [6.07, 6.45) is -4.87. The molecule has 0 aromatic heterocycles. The van der Waals surface area contributed by atoms with E-state index >= 15 is 0 Å². The van der Waals surface area contributed by atoms with Gasteiger partial charge in [0.15, 0.2) is 5.76 Å². The summed E-state index contributed by atoms with van der Waals surface area (Å²) in [7, 11) is 1.08. The summed E-state index contributed by atoms with van der Waals surface area (Å²) in [5.41, 5.74) is -3.91. The van der Waals surface area contributed by atoms with Crippen molar-refractivity contribution >= 4 is 23.7 Å². The van der Waals surface area contributed by atoms with Gasteiger partial charge in [-0.1, -0.05) is 25.1 Å². The molecule has 5 aliphatic rings. The molecule has 2 saturated heterocycles. The van der Waals surface area contributed by atoms with Crippen LogP contribution in [0, 0.1) is 22.7 Å². The van der Waals surface area contributed by atoms with Gasteiger partial charge in [0.05, 0.1) is 31.3 Å². The zero-order valence-electron chi connectivity index (χ0n) is 21.5. The van der Waals surface area contributed by atoms with E-state index in [2.05, 4.69) is 0 Å². The minimum atomic E-state index is -2.26. The predicted octanol–water partition coefficient (Wildman–Crippen LogP) is 0.785. The van der Waals surface area contributed by atoms with Gasteiger partial charge in [0.2, 0.25) is 17.5 Å². The Hall–Kier alpha value is -3.54. The van der Waals surface area contributed by atoms with Gasteiger partial charge in [0.1, 0.15) is 12.2 Å². The van der Waals surface area contributed by atoms with Gasteiger partial charge >= 0.3 is 17.9 Å². The van der Waals surface area contributed by atoms with Crippen LogP contribution in [0.2, 0.25) is 0 Å². The molecule has 4 fully saturated rings. The molecule has 0 unspecified atom stereocenters. The first-order valence-electron chi connectivity index (χ1n) is 12.7. The number of hydrogen-bond donors (Lipinski definition) is 3. The largest absolute Gasteiger partial charge is 0.504 e. The number of rotatable bonds is 3. The molecule has 1 spiro atoms. The zero-order chi connectivity index (χ0) is 28.1. The first-order chi connectivity index (χ1) is 18.4. The average Bonchev–Trinajstić information content (AvgIpc) is 3.23. The summed E-state index contributed by atoms with van der Waals surface area (Å²) in [5.74, 6) is -6.29. The number of fused-ring (bicyclic) bond motifs is 2. The molecule has 206 valence electrons. The van der Waals surface area contributed by atoms with Crippen molar-refractivity contribution in [3.8, 4) is 0 Å². The topological polar surface area (TPSA) is 166 Å². The third-order valence-electron chi connectivity index (χ3n) is 9.57. The Morgan fingerprint density at radius 3 is 2.46 bits per heavy atom. The van der Waals surface area contributed by atoms with Crippen molar-refractivity contribution in [2.75, 3.05) is 13.7 Å². The lowest BCUT2D eigenvalue weighted by atomic mass is 9.40. The molecule has 2 aliphatic heterocycles. The lowest BCUT2D eigenvalue weighted by Gasteiger charge is -2.65. The highest BCUT2D eigenvalue weighted by Gasteiger charge is 2.84. The lowest BCUT2D eigenvalue weighted by molar-refractivity contribution is -0.270. The molecular weight excluding hydrogens is 512 g/mol. The third kappa shape index (κ3) is 2.98. The maximum absolute atomic E-state index is 13.5. The quantitative estimate of drug-likeness (QED) is 0.366. The molecule has 0 radical (unpaired) electrons. The Kier molecular flexibility index (Phi) is 5.43. The van der Waals surface area contributed by atoms with Crippen molar-refractivity contribution in [2.45, 2.75) is 50.3 Å². The SMILES string of the molecule is COC(=O)[C@]12OC[C@@]34[C@@H](CC5=C(C)C(=O)C(O)=C[C@]5(C)[C@H]3[C@@H](O)[C@@H]1O)OC(=O)[C@H](OC(=O)c1ccccc1)[C@@H]24. The van der Waals surface area contributed by atoms with E-state index in [9.17, 15) is 34.5 Å². The van der Waals surface area contributed by atoms with E-state index in [0.717, 1.165) is 7.11 Å². The number of esters is 3. The van der Waals surface area contributed by atoms with E-state index in [1.54, 1.807) is 32.0 Å². The zero-order valence-corrected chi connectivity index (χ0v) is 21.5. The van der Waals surface area contributed by atoms with Crippen LogP contribution in [0.15, 0.2) is 53.3 Å². The summed E-state index contributed by atoms with van der Waals surface area (Å²) in [4.78, 5) is 52.7. The number of carbonyl (C=O) groups excluding carboxylic acids is 4. The van der Waals surface area contributed by atoms with Crippen molar-refractivity contribution in [1.82, 2.24) is 0 Å². The maximum atomic E-state index is 13.5. The summed E-state index contributed by atoms with van der Waals surface area (Å²) in [6, 6.07) is 7.92. The fourth-order valence-corrected chi connectivity index (χ4v) is 8.07. The predicted molar refractivity (Wildman–Crippen MR) is 129 cm³/mol. The number of ether oxygens (including phenoxy) is 4. The van der Waals surface area contributed by atoms with Crippen LogP contribution < -0.4 is 0 Å². The normalized spacial score (nSPS) is 42.1. The second kappa shape index (κ2) is 8.23. The van der Waals surface area contributed by atoms with Gasteiger partial charge in [-0.25, -0.2) is 14.4 Å². The van der Waals surface area contributed by atoms with Gasteiger partial charge in [-0.2, -0.15) is 0 Å². The molecule has 11 heteroatoms. The van der Waals surface area contributed by atoms with Crippen LogP contribution >= 0.6 is 0 Å². The molecule has 2 heterocycles. The summed E-state index contributed by atoms with van der Waals surface area (Å²) in [5, 5.41) is 33.8. The fraction of sp³-hybridized carbons (Fsp3) is 0.500. The van der Waals surface area contributed by atoms with Crippen molar-refractivity contribution in [3.63, 3.8) is 0 Å². The second-order valence-electron chi connectivity index (χ2n) is 11.1. The van der Waals surface area contributed by atoms with Crippen LogP contribution in [0.1, 0.15) is 30.6 Å². The molecule has 6 rings (SSSR count). The molecule has 3 aliphatic carbocycles. The minimum Gasteiger partial charge on any atom is -0.504 e. The number of aliphatic hydroxyl groups is 3. The Labute approximate surface area is 223 Å². The molecule has 9 atom stereocenters. The van der Waals surface area contributed by atoms with Crippen LogP contribution in [0.25, 0.3) is 0 Å². The molecule has 3 N–H and O–H groups in total. The summed E-state index contributed by atoms with van der Waals surface area (Å²) in [6.45, 7) is 2.99. The van der Waals surface area contributed by atoms with Crippen molar-refractivity contribution in [3.05, 3.63) is 58.9 Å². The number of ketones is 1. The second-order valence-corrected chi connectivity index (χ2v) is 11.1. The number of carbonyl (C=O) groups is 4. The molecule has 2 saturated carbocycles. The van der Waals surface area contributed by atoms with Crippen LogP contribution in [0.4, 0.5) is 0 Å². The van der Waals surface area contributed by atoms with Crippen molar-refractivity contribution in [2.24, 2.45) is 22.7 Å². The molecule has 0 amide bonds. The van der Waals surface area contributed by atoms with Crippen molar-refractivity contribution < 1.29 is 53.4 Å². The van der Waals surface area contributed by atoms with Gasteiger partial charge in [0.25, 0.3) is 0 Å². The van der Waals surface area contributed by atoms with Crippen LogP contribution in [0.3, 0.4) is 0 Å². The number of aliphatic hydroxyl groups excluding tert-OH is 3. The fourth-order valence-electron chi connectivity index (χ4n) is 8.07.